The van der Waals surface area contributed by atoms with Crippen molar-refractivity contribution in [1.82, 2.24) is 5.32 Å². The molecule has 1 atom stereocenters. The van der Waals surface area contributed by atoms with E-state index in [2.05, 4.69) is 10.1 Å². The standard InChI is InChI=1S/C14H16ClNO6/c1-21-10-4-3-8(7-9(10)15)13(14(20)22-2)16-11(17)5-6-12(18)19/h3-4,7,13H,5-6H2,1-2H3,(H,16,17)(H,18,19)/p-1/t13-/m0/s1. The minimum Gasteiger partial charge on any atom is -0.550 e. The fourth-order valence-electron chi connectivity index (χ4n) is 1.71. The molecule has 0 bridgehead atoms. The molecule has 1 amide bonds. The molecule has 7 nitrogen and oxygen atoms in total. The van der Waals surface area contributed by atoms with E-state index in [1.807, 2.05) is 0 Å². The molecule has 0 heterocycles. The van der Waals surface area contributed by atoms with Crippen molar-refractivity contribution in [2.45, 2.75) is 18.9 Å². The number of hydrogen-bond acceptors (Lipinski definition) is 6. The van der Waals surface area contributed by atoms with Crippen LogP contribution in [0.2, 0.25) is 5.02 Å². The summed E-state index contributed by atoms with van der Waals surface area (Å²) in [6.07, 6.45) is -0.747. The molecule has 0 fully saturated rings. The van der Waals surface area contributed by atoms with Gasteiger partial charge in [0.15, 0.2) is 6.04 Å². The molecule has 1 aromatic rings. The van der Waals surface area contributed by atoms with Gasteiger partial charge in [-0.2, -0.15) is 0 Å². The van der Waals surface area contributed by atoms with Crippen LogP contribution < -0.4 is 15.2 Å². The molecule has 0 saturated heterocycles. The maximum absolute atomic E-state index is 11.8. The highest BCUT2D eigenvalue weighted by atomic mass is 35.5. The average molecular weight is 329 g/mol. The van der Waals surface area contributed by atoms with E-state index in [0.717, 1.165) is 0 Å². The van der Waals surface area contributed by atoms with Crippen LogP contribution in [0, 0.1) is 0 Å². The molecule has 1 N–H and O–H groups in total. The first-order valence-corrected chi connectivity index (χ1v) is 6.67. The van der Waals surface area contributed by atoms with Gasteiger partial charge in [0.1, 0.15) is 5.75 Å². The summed E-state index contributed by atoms with van der Waals surface area (Å²) in [6.45, 7) is 0. The third-order valence-corrected chi connectivity index (χ3v) is 3.10. The Morgan fingerprint density at radius 1 is 1.27 bits per heavy atom. The van der Waals surface area contributed by atoms with E-state index in [9.17, 15) is 19.5 Å². The lowest BCUT2D eigenvalue weighted by molar-refractivity contribution is -0.305. The number of rotatable bonds is 7. The van der Waals surface area contributed by atoms with E-state index in [0.29, 0.717) is 11.3 Å². The SMILES string of the molecule is COC(=O)[C@@H](NC(=O)CCC(=O)[O-])c1ccc(OC)c(Cl)c1. The Morgan fingerprint density at radius 2 is 1.95 bits per heavy atom. The van der Waals surface area contributed by atoms with Crippen LogP contribution in [-0.4, -0.2) is 32.1 Å². The van der Waals surface area contributed by atoms with E-state index in [1.165, 1.54) is 20.3 Å². The van der Waals surface area contributed by atoms with Crippen LogP contribution in [-0.2, 0) is 19.1 Å². The van der Waals surface area contributed by atoms with Crippen LogP contribution in [0.4, 0.5) is 0 Å². The number of carbonyl (C=O) groups is 3. The summed E-state index contributed by atoms with van der Waals surface area (Å²) in [5.41, 5.74) is 0.388. The largest absolute Gasteiger partial charge is 0.550 e. The normalized spacial score (nSPS) is 11.4. The van der Waals surface area contributed by atoms with Gasteiger partial charge in [-0.3, -0.25) is 4.79 Å². The molecule has 120 valence electrons. The maximum Gasteiger partial charge on any atom is 0.333 e. The monoisotopic (exact) mass is 328 g/mol. The Labute approximate surface area is 132 Å². The van der Waals surface area contributed by atoms with Crippen LogP contribution in [0.3, 0.4) is 0 Å². The molecule has 8 heteroatoms. The molecule has 0 aliphatic carbocycles. The van der Waals surface area contributed by atoms with E-state index in [4.69, 9.17) is 16.3 Å². The van der Waals surface area contributed by atoms with Crippen molar-refractivity contribution >= 4 is 29.4 Å². The van der Waals surface area contributed by atoms with Crippen LogP contribution in [0.15, 0.2) is 18.2 Å². The van der Waals surface area contributed by atoms with Crippen molar-refractivity contribution in [2.24, 2.45) is 0 Å². The van der Waals surface area contributed by atoms with Crippen LogP contribution in [0.1, 0.15) is 24.4 Å². The molecular formula is C14H15ClNO6-. The number of halogens is 1. The second-order valence-electron chi connectivity index (χ2n) is 4.29. The number of carboxylic acid groups (broad SMARTS) is 1. The van der Waals surface area contributed by atoms with Gasteiger partial charge in [0.2, 0.25) is 5.91 Å². The minimum absolute atomic E-state index is 0.262. The van der Waals surface area contributed by atoms with Crippen molar-refractivity contribution in [3.63, 3.8) is 0 Å². The lowest BCUT2D eigenvalue weighted by atomic mass is 10.1. The van der Waals surface area contributed by atoms with E-state index >= 15 is 0 Å². The average Bonchev–Trinajstić information content (AvgIpc) is 2.49. The Morgan fingerprint density at radius 3 is 2.45 bits per heavy atom. The number of nitrogens with one attached hydrogen (secondary N) is 1. The van der Waals surface area contributed by atoms with Gasteiger partial charge < -0.3 is 24.7 Å². The molecular weight excluding hydrogens is 314 g/mol. The molecule has 22 heavy (non-hydrogen) atoms. The first-order chi connectivity index (χ1) is 10.4. The molecule has 0 radical (unpaired) electrons. The predicted molar refractivity (Wildman–Crippen MR) is 75.1 cm³/mol. The van der Waals surface area contributed by atoms with E-state index in [-0.39, 0.29) is 11.4 Å². The second-order valence-corrected chi connectivity index (χ2v) is 4.70. The molecule has 0 spiro atoms. The summed E-state index contributed by atoms with van der Waals surface area (Å²) < 4.78 is 9.64. The molecule has 0 aromatic heterocycles. The Kier molecular flexibility index (Phi) is 6.65. The molecule has 0 unspecified atom stereocenters. The summed E-state index contributed by atoms with van der Waals surface area (Å²) in [7, 11) is 2.62. The third-order valence-electron chi connectivity index (χ3n) is 2.81. The fraction of sp³-hybridized carbons (Fsp3) is 0.357. The Balaban J connectivity index is 2.93. The molecule has 1 rings (SSSR count). The highest BCUT2D eigenvalue weighted by molar-refractivity contribution is 6.32. The topological polar surface area (TPSA) is 105 Å². The maximum atomic E-state index is 11.8. The highest BCUT2D eigenvalue weighted by Gasteiger charge is 2.24. The number of benzene rings is 1. The highest BCUT2D eigenvalue weighted by Crippen LogP contribution is 2.28. The van der Waals surface area contributed by atoms with Crippen molar-refractivity contribution in [1.29, 1.82) is 0 Å². The van der Waals surface area contributed by atoms with Gasteiger partial charge >= 0.3 is 5.97 Å². The molecule has 1 aromatic carbocycles. The lowest BCUT2D eigenvalue weighted by Gasteiger charge is -2.18. The summed E-state index contributed by atoms with van der Waals surface area (Å²) in [5, 5.41) is 13.0. The summed E-state index contributed by atoms with van der Waals surface area (Å²) in [4.78, 5) is 33.9. The molecule has 0 aliphatic heterocycles. The quantitative estimate of drug-likeness (QED) is 0.717. The zero-order valence-corrected chi connectivity index (χ0v) is 12.8. The number of carbonyl (C=O) groups excluding carboxylic acids is 3. The van der Waals surface area contributed by atoms with Gasteiger partial charge in [0.05, 0.1) is 19.2 Å². The van der Waals surface area contributed by atoms with E-state index < -0.39 is 30.3 Å². The van der Waals surface area contributed by atoms with Crippen LogP contribution >= 0.6 is 11.6 Å². The number of hydrogen-bond donors (Lipinski definition) is 1. The van der Waals surface area contributed by atoms with Crippen LogP contribution in [0.5, 0.6) is 5.75 Å². The molecule has 0 aliphatic rings. The van der Waals surface area contributed by atoms with Gasteiger partial charge in [0, 0.05) is 12.4 Å². The zero-order valence-electron chi connectivity index (χ0n) is 12.1. The third kappa shape index (κ3) is 4.92. The first kappa shape index (κ1) is 17.8. The first-order valence-electron chi connectivity index (χ1n) is 6.29. The number of esters is 1. The zero-order chi connectivity index (χ0) is 16.7. The fourth-order valence-corrected chi connectivity index (χ4v) is 1.97. The van der Waals surface area contributed by atoms with Gasteiger partial charge in [-0.05, 0) is 24.1 Å². The summed E-state index contributed by atoms with van der Waals surface area (Å²) >= 11 is 5.98. The van der Waals surface area contributed by atoms with Gasteiger partial charge in [0.25, 0.3) is 0 Å². The number of carboxylic acids is 1. The summed E-state index contributed by atoms with van der Waals surface area (Å²) in [5.74, 6) is -2.26. The van der Waals surface area contributed by atoms with Gasteiger partial charge in [-0.25, -0.2) is 4.79 Å². The number of methoxy groups -OCH3 is 2. The minimum atomic E-state index is -1.35. The van der Waals surface area contributed by atoms with Crippen molar-refractivity contribution in [2.75, 3.05) is 14.2 Å². The number of ether oxygens (including phenoxy) is 2. The van der Waals surface area contributed by atoms with Crippen molar-refractivity contribution in [3.05, 3.63) is 28.8 Å². The number of aliphatic carboxylic acids is 1. The molecule has 0 saturated carbocycles. The second kappa shape index (κ2) is 8.23. The Bertz CT molecular complexity index is 574. The van der Waals surface area contributed by atoms with E-state index in [1.54, 1.807) is 12.1 Å². The van der Waals surface area contributed by atoms with Gasteiger partial charge in [-0.15, -0.1) is 0 Å². The van der Waals surface area contributed by atoms with Crippen molar-refractivity contribution < 1.29 is 29.0 Å². The smallest absolute Gasteiger partial charge is 0.333 e. The lowest BCUT2D eigenvalue weighted by Crippen LogP contribution is -2.35. The van der Waals surface area contributed by atoms with Crippen molar-refractivity contribution in [3.8, 4) is 5.75 Å². The Hall–Kier alpha value is -2.28. The van der Waals surface area contributed by atoms with Crippen LogP contribution in [0.25, 0.3) is 0 Å². The van der Waals surface area contributed by atoms with Gasteiger partial charge in [-0.1, -0.05) is 17.7 Å². The number of amides is 1. The summed E-state index contributed by atoms with van der Waals surface area (Å²) in [6, 6.07) is 3.45. The predicted octanol–water partition coefficient (Wildman–Crippen LogP) is 0.209.